The standard InChI is InChI=1S/C16H20Br2Si2/c1-19(2,15-9-5-7-13(17)11-15)20(3,4)16-10-6-8-14(18)12-16/h5-12H,1-4H3. The van der Waals surface area contributed by atoms with Crippen molar-refractivity contribution in [3.63, 3.8) is 0 Å². The molecule has 0 aromatic heterocycles. The first-order valence-electron chi connectivity index (χ1n) is 6.77. The quantitative estimate of drug-likeness (QED) is 0.615. The zero-order valence-electron chi connectivity index (χ0n) is 12.4. The van der Waals surface area contributed by atoms with Gasteiger partial charge >= 0.3 is 0 Å². The Bertz CT molecular complexity index is 566. The SMILES string of the molecule is C[Si](C)(c1cccc(Br)c1)[Si](C)(C)c1cccc(Br)c1. The predicted molar refractivity (Wildman–Crippen MR) is 103 cm³/mol. The van der Waals surface area contributed by atoms with Gasteiger partial charge in [-0.25, -0.2) is 0 Å². The Labute approximate surface area is 140 Å². The van der Waals surface area contributed by atoms with E-state index in [4.69, 9.17) is 0 Å². The van der Waals surface area contributed by atoms with Crippen molar-refractivity contribution in [3.8, 4) is 0 Å². The summed E-state index contributed by atoms with van der Waals surface area (Å²) in [6, 6.07) is 17.8. The second-order valence-corrected chi connectivity index (χ2v) is 23.3. The molecule has 0 aliphatic rings. The number of hydrogen-bond acceptors (Lipinski definition) is 0. The smallest absolute Gasteiger partial charge is 0.0671 e. The third-order valence-corrected chi connectivity index (χ3v) is 23.4. The highest BCUT2D eigenvalue weighted by Gasteiger charge is 2.43. The van der Waals surface area contributed by atoms with Gasteiger partial charge in [0, 0.05) is 8.95 Å². The van der Waals surface area contributed by atoms with Gasteiger partial charge in [-0.05, 0) is 24.3 Å². The molecule has 0 amide bonds. The fraction of sp³-hybridized carbons (Fsp3) is 0.250. The Hall–Kier alpha value is -0.166. The molecule has 0 radical (unpaired) electrons. The minimum Gasteiger partial charge on any atom is -0.0671 e. The van der Waals surface area contributed by atoms with Crippen LogP contribution < -0.4 is 10.4 Å². The Morgan fingerprint density at radius 2 is 1.00 bits per heavy atom. The Balaban J connectivity index is 2.51. The van der Waals surface area contributed by atoms with Crippen LogP contribution in [-0.4, -0.2) is 15.2 Å². The first-order valence-corrected chi connectivity index (χ1v) is 15.4. The second-order valence-electron chi connectivity index (χ2n) is 6.27. The van der Waals surface area contributed by atoms with Gasteiger partial charge in [-0.2, -0.15) is 0 Å². The van der Waals surface area contributed by atoms with E-state index in [-0.39, 0.29) is 0 Å². The monoisotopic (exact) mass is 426 g/mol. The van der Waals surface area contributed by atoms with E-state index in [2.05, 4.69) is 107 Å². The van der Waals surface area contributed by atoms with E-state index in [0.717, 1.165) is 0 Å². The molecule has 0 nitrogen and oxygen atoms in total. The largest absolute Gasteiger partial charge is 0.0792 e. The lowest BCUT2D eigenvalue weighted by Gasteiger charge is -2.39. The highest BCUT2D eigenvalue weighted by molar-refractivity contribution is 9.10. The van der Waals surface area contributed by atoms with Gasteiger partial charge in [0.2, 0.25) is 0 Å². The number of halogens is 2. The molecular formula is C16H20Br2Si2. The fourth-order valence-corrected chi connectivity index (χ4v) is 12.5. The van der Waals surface area contributed by atoms with E-state index in [1.54, 1.807) is 10.4 Å². The lowest BCUT2D eigenvalue weighted by molar-refractivity contribution is 1.64. The molecule has 2 aromatic carbocycles. The van der Waals surface area contributed by atoms with E-state index in [1.165, 1.54) is 8.95 Å². The molecule has 0 saturated carbocycles. The van der Waals surface area contributed by atoms with Crippen LogP contribution in [0.5, 0.6) is 0 Å². The molecule has 0 heterocycles. The number of benzene rings is 2. The maximum Gasteiger partial charge on any atom is 0.0792 e. The molecule has 0 bridgehead atoms. The van der Waals surface area contributed by atoms with Crippen LogP contribution in [0.15, 0.2) is 57.5 Å². The molecule has 2 aromatic rings. The summed E-state index contributed by atoms with van der Waals surface area (Å²) in [7, 11) is -3.03. The van der Waals surface area contributed by atoms with Crippen molar-refractivity contribution in [2.75, 3.05) is 0 Å². The van der Waals surface area contributed by atoms with Gasteiger partial charge in [0.1, 0.15) is 0 Å². The van der Waals surface area contributed by atoms with E-state index in [9.17, 15) is 0 Å². The number of rotatable bonds is 3. The average Bonchev–Trinajstić information content (AvgIpc) is 2.38. The summed E-state index contributed by atoms with van der Waals surface area (Å²) in [6.07, 6.45) is 0. The zero-order chi connectivity index (χ0) is 15.0. The Kier molecular flexibility index (Phi) is 4.79. The first-order chi connectivity index (χ1) is 9.25. The second kappa shape index (κ2) is 5.91. The predicted octanol–water partition coefficient (Wildman–Crippen LogP) is 4.82. The molecule has 0 aliphatic carbocycles. The topological polar surface area (TPSA) is 0 Å². The summed E-state index contributed by atoms with van der Waals surface area (Å²) < 4.78 is 2.38. The van der Waals surface area contributed by atoms with Crippen molar-refractivity contribution in [1.29, 1.82) is 0 Å². The maximum atomic E-state index is 3.62. The van der Waals surface area contributed by atoms with E-state index in [0.29, 0.717) is 0 Å². The van der Waals surface area contributed by atoms with Crippen molar-refractivity contribution in [1.82, 2.24) is 0 Å². The summed E-state index contributed by atoms with van der Waals surface area (Å²) in [4.78, 5) is 0. The van der Waals surface area contributed by atoms with Crippen LogP contribution >= 0.6 is 31.9 Å². The lowest BCUT2D eigenvalue weighted by Crippen LogP contribution is -2.69. The van der Waals surface area contributed by atoms with Gasteiger partial charge in [-0.3, -0.25) is 0 Å². The van der Waals surface area contributed by atoms with Crippen LogP contribution in [-0.2, 0) is 0 Å². The molecule has 106 valence electrons. The minimum absolute atomic E-state index is 1.19. The van der Waals surface area contributed by atoms with Crippen molar-refractivity contribution < 1.29 is 0 Å². The maximum absolute atomic E-state index is 3.62. The van der Waals surface area contributed by atoms with E-state index < -0.39 is 15.2 Å². The molecular weight excluding hydrogens is 408 g/mol. The van der Waals surface area contributed by atoms with Crippen molar-refractivity contribution in [2.24, 2.45) is 0 Å². The molecule has 4 heteroatoms. The Morgan fingerprint density at radius 3 is 1.30 bits per heavy atom. The van der Waals surface area contributed by atoms with Crippen LogP contribution in [0.3, 0.4) is 0 Å². The van der Waals surface area contributed by atoms with Crippen LogP contribution in [0.25, 0.3) is 0 Å². The molecule has 0 unspecified atom stereocenters. The van der Waals surface area contributed by atoms with Crippen LogP contribution in [0.4, 0.5) is 0 Å². The van der Waals surface area contributed by atoms with Crippen molar-refractivity contribution in [2.45, 2.75) is 26.2 Å². The lowest BCUT2D eigenvalue weighted by atomic mass is 10.4. The van der Waals surface area contributed by atoms with Crippen molar-refractivity contribution in [3.05, 3.63) is 57.5 Å². The molecule has 0 aliphatic heterocycles. The first kappa shape index (κ1) is 16.2. The summed E-state index contributed by atoms with van der Waals surface area (Å²) in [5, 5.41) is 3.09. The molecule has 20 heavy (non-hydrogen) atoms. The molecule has 0 fully saturated rings. The molecule has 0 spiro atoms. The van der Waals surface area contributed by atoms with Gasteiger partial charge in [-0.15, -0.1) is 0 Å². The van der Waals surface area contributed by atoms with Gasteiger partial charge < -0.3 is 0 Å². The number of hydrogen-bond donors (Lipinski definition) is 0. The highest BCUT2D eigenvalue weighted by atomic mass is 79.9. The molecule has 0 saturated heterocycles. The summed E-state index contributed by atoms with van der Waals surface area (Å²) in [5.41, 5.74) is 0. The van der Waals surface area contributed by atoms with Crippen LogP contribution in [0, 0.1) is 0 Å². The molecule has 0 N–H and O–H groups in total. The third kappa shape index (κ3) is 3.03. The van der Waals surface area contributed by atoms with Crippen LogP contribution in [0.2, 0.25) is 26.2 Å². The van der Waals surface area contributed by atoms with Gasteiger partial charge in [-0.1, -0.05) is 92.7 Å². The molecule has 2 rings (SSSR count). The van der Waals surface area contributed by atoms with Gasteiger partial charge in [0.15, 0.2) is 0 Å². The summed E-state index contributed by atoms with van der Waals surface area (Å²) in [6.45, 7) is 10.1. The van der Waals surface area contributed by atoms with Crippen molar-refractivity contribution >= 4 is 57.4 Å². The van der Waals surface area contributed by atoms with Crippen LogP contribution in [0.1, 0.15) is 0 Å². The van der Waals surface area contributed by atoms with E-state index in [1.807, 2.05) is 0 Å². The molecule has 0 atom stereocenters. The average molecular weight is 428 g/mol. The van der Waals surface area contributed by atoms with Gasteiger partial charge in [0.05, 0.1) is 15.2 Å². The fourth-order valence-electron chi connectivity index (χ4n) is 2.48. The minimum atomic E-state index is -1.51. The van der Waals surface area contributed by atoms with Gasteiger partial charge in [0.25, 0.3) is 0 Å². The zero-order valence-corrected chi connectivity index (χ0v) is 17.5. The third-order valence-electron chi connectivity index (χ3n) is 4.66. The Morgan fingerprint density at radius 1 is 0.650 bits per heavy atom. The summed E-state index contributed by atoms with van der Waals surface area (Å²) >= 11 is 7.24. The van der Waals surface area contributed by atoms with E-state index >= 15 is 0 Å². The highest BCUT2D eigenvalue weighted by Crippen LogP contribution is 2.22. The summed E-state index contributed by atoms with van der Waals surface area (Å²) in [5.74, 6) is 0. The normalized spacial score (nSPS) is 12.5.